The largest absolute Gasteiger partial charge is 0.496 e. The van der Waals surface area contributed by atoms with Gasteiger partial charge in [0.15, 0.2) is 0 Å². The molecule has 1 aromatic carbocycles. The number of fused-ring (bicyclic) bond motifs is 1. The molecule has 222 valence electrons. The van der Waals surface area contributed by atoms with Crippen LogP contribution in [0.1, 0.15) is 48.1 Å². The molecule has 2 unspecified atom stereocenters. The number of aryl methyl sites for hydroxylation is 2. The highest BCUT2D eigenvalue weighted by molar-refractivity contribution is 5.85. The van der Waals surface area contributed by atoms with Gasteiger partial charge in [0.05, 0.1) is 31.3 Å². The van der Waals surface area contributed by atoms with Crippen LogP contribution >= 0.6 is 0 Å². The number of anilines is 1. The van der Waals surface area contributed by atoms with Crippen LogP contribution in [0.4, 0.5) is 10.2 Å². The van der Waals surface area contributed by atoms with Gasteiger partial charge in [0.2, 0.25) is 5.91 Å². The van der Waals surface area contributed by atoms with Crippen molar-refractivity contribution in [2.75, 3.05) is 52.4 Å². The molecule has 3 N–H and O–H groups in total. The highest BCUT2D eigenvalue weighted by atomic mass is 19.1. The van der Waals surface area contributed by atoms with E-state index in [9.17, 15) is 24.3 Å². The lowest BCUT2D eigenvalue weighted by atomic mass is 10.0. The number of nitriles is 1. The number of hydrogen-bond acceptors (Lipinski definition) is 8. The fourth-order valence-corrected chi connectivity index (χ4v) is 4.94. The number of pyridine rings is 1. The van der Waals surface area contributed by atoms with Crippen LogP contribution in [0.25, 0.3) is 0 Å². The van der Waals surface area contributed by atoms with Crippen LogP contribution < -0.4 is 15.4 Å². The molecule has 3 rings (SSSR count). The van der Waals surface area contributed by atoms with Gasteiger partial charge in [-0.2, -0.15) is 5.26 Å². The smallest absolute Gasteiger partial charge is 0.326 e. The van der Waals surface area contributed by atoms with E-state index in [1.54, 1.807) is 18.2 Å². The molecule has 10 nitrogen and oxygen atoms in total. The van der Waals surface area contributed by atoms with Gasteiger partial charge in [-0.3, -0.25) is 4.79 Å². The predicted octanol–water partition coefficient (Wildman–Crippen LogP) is 3.13. The second kappa shape index (κ2) is 16.5. The van der Waals surface area contributed by atoms with Gasteiger partial charge in [0.1, 0.15) is 24.3 Å². The quantitative estimate of drug-likeness (QED) is 0.245. The average Bonchev–Trinajstić information content (AvgIpc) is 2.99. The van der Waals surface area contributed by atoms with E-state index in [4.69, 9.17) is 14.5 Å². The molecule has 0 saturated carbocycles. The lowest BCUT2D eigenvalue weighted by Crippen LogP contribution is -2.45. The van der Waals surface area contributed by atoms with E-state index in [-0.39, 0.29) is 18.4 Å². The van der Waals surface area contributed by atoms with E-state index in [1.165, 1.54) is 19.8 Å². The fraction of sp³-hybridized carbons (Fsp3) is 0.533. The van der Waals surface area contributed by atoms with Crippen LogP contribution in [0.15, 0.2) is 30.3 Å². The number of alkyl halides is 1. The molecule has 1 amide bonds. The maximum atomic E-state index is 13.4. The molecule has 0 saturated heterocycles. The summed E-state index contributed by atoms with van der Waals surface area (Å²) in [5, 5.41) is 25.1. The molecule has 1 aliphatic rings. The van der Waals surface area contributed by atoms with Crippen molar-refractivity contribution in [3.05, 3.63) is 52.7 Å². The topological polar surface area (TPSA) is 137 Å². The van der Waals surface area contributed by atoms with Gasteiger partial charge in [-0.05, 0) is 68.8 Å². The lowest BCUT2D eigenvalue weighted by Gasteiger charge is -2.27. The zero-order valence-corrected chi connectivity index (χ0v) is 23.8. The number of amides is 1. The Hall–Kier alpha value is -3.75. The van der Waals surface area contributed by atoms with Gasteiger partial charge in [0.25, 0.3) is 0 Å². The Labute approximate surface area is 240 Å². The minimum atomic E-state index is -1.17. The first kappa shape index (κ1) is 31.8. The fourth-order valence-electron chi connectivity index (χ4n) is 4.94. The van der Waals surface area contributed by atoms with Crippen LogP contribution in [-0.4, -0.2) is 86.1 Å². The number of benzene rings is 1. The van der Waals surface area contributed by atoms with Crippen molar-refractivity contribution in [2.24, 2.45) is 0 Å². The van der Waals surface area contributed by atoms with E-state index in [1.807, 2.05) is 11.0 Å². The molecule has 1 aromatic heterocycles. The van der Waals surface area contributed by atoms with Crippen molar-refractivity contribution in [1.29, 1.82) is 5.26 Å². The molecule has 0 fully saturated rings. The number of methoxy groups -OCH3 is 2. The number of halogens is 1. The van der Waals surface area contributed by atoms with Crippen molar-refractivity contribution in [3.63, 3.8) is 0 Å². The van der Waals surface area contributed by atoms with Gasteiger partial charge < -0.3 is 30.1 Å². The molecule has 0 bridgehead atoms. The number of nitrogens with one attached hydrogen (secondary N) is 2. The van der Waals surface area contributed by atoms with Crippen molar-refractivity contribution >= 4 is 17.7 Å². The summed E-state index contributed by atoms with van der Waals surface area (Å²) in [6, 6.07) is 9.96. The van der Waals surface area contributed by atoms with Crippen molar-refractivity contribution in [2.45, 2.75) is 57.1 Å². The number of carboxylic acids is 1. The first-order valence-electron chi connectivity index (χ1n) is 14.0. The average molecular weight is 570 g/mol. The third-order valence-corrected chi connectivity index (χ3v) is 7.25. The minimum Gasteiger partial charge on any atom is -0.496 e. The third kappa shape index (κ3) is 9.69. The SMILES string of the molecule is COc1cccc(C#N)c1CC(=O)NC(CCN(CCCCc1ccc2c(n1)NCCC2)CC(CF)OC)C(=O)O. The highest BCUT2D eigenvalue weighted by Gasteiger charge is 2.24. The number of carbonyl (C=O) groups excluding carboxylic acids is 1. The number of nitrogens with zero attached hydrogens (tertiary/aromatic N) is 3. The molecule has 2 heterocycles. The summed E-state index contributed by atoms with van der Waals surface area (Å²) in [5.74, 6) is -0.344. The Morgan fingerprint density at radius 1 is 1.24 bits per heavy atom. The summed E-state index contributed by atoms with van der Waals surface area (Å²) in [4.78, 5) is 31.5. The molecular formula is C30H40FN5O5. The van der Waals surface area contributed by atoms with Crippen LogP contribution in [0.5, 0.6) is 5.75 Å². The Kier molecular flexibility index (Phi) is 12.8. The summed E-state index contributed by atoms with van der Waals surface area (Å²) >= 11 is 0. The number of ether oxygens (including phenoxy) is 2. The molecule has 0 aliphatic carbocycles. The summed E-state index contributed by atoms with van der Waals surface area (Å²) < 4.78 is 23.9. The zero-order chi connectivity index (χ0) is 29.6. The molecule has 41 heavy (non-hydrogen) atoms. The number of hydrogen-bond donors (Lipinski definition) is 3. The van der Waals surface area contributed by atoms with Crippen LogP contribution in [-0.2, 0) is 33.6 Å². The standard InChI is InChI=1S/C30H40FN5O5/c1-40-24(18-31)20-36(15-4-3-9-23-12-11-21-8-6-14-33-29(21)34-23)16-13-26(30(38)39)35-28(37)17-25-22(19-32)7-5-10-27(25)41-2/h5,7,10-12,24,26H,3-4,6,8-9,13-18,20H2,1-2H3,(H,33,34)(H,35,37)(H,38,39). The van der Waals surface area contributed by atoms with Gasteiger partial charge >= 0.3 is 5.97 Å². The second-order valence-electron chi connectivity index (χ2n) is 10.1. The van der Waals surface area contributed by atoms with Crippen molar-refractivity contribution < 1.29 is 28.6 Å². The maximum Gasteiger partial charge on any atom is 0.326 e. The second-order valence-corrected chi connectivity index (χ2v) is 10.1. The Balaban J connectivity index is 1.56. The first-order chi connectivity index (χ1) is 19.9. The number of aliphatic carboxylic acids is 1. The van der Waals surface area contributed by atoms with Crippen molar-refractivity contribution in [1.82, 2.24) is 15.2 Å². The summed E-state index contributed by atoms with van der Waals surface area (Å²) in [6.45, 7) is 1.54. The van der Waals surface area contributed by atoms with E-state index in [0.717, 1.165) is 50.2 Å². The normalized spacial score (nSPS) is 13.9. The predicted molar refractivity (Wildman–Crippen MR) is 153 cm³/mol. The minimum absolute atomic E-state index is 0.124. The number of carboxylic acid groups (broad SMARTS) is 1. The summed E-state index contributed by atoms with van der Waals surface area (Å²) in [6.07, 6.45) is 3.94. The van der Waals surface area contributed by atoms with Crippen LogP contribution in [0.3, 0.4) is 0 Å². The molecule has 2 aromatic rings. The molecule has 11 heteroatoms. The Morgan fingerprint density at radius 2 is 2.07 bits per heavy atom. The van der Waals surface area contributed by atoms with Crippen molar-refractivity contribution in [3.8, 4) is 11.8 Å². The van der Waals surface area contributed by atoms with Gasteiger partial charge in [0, 0.05) is 38.0 Å². The molecule has 0 radical (unpaired) electrons. The number of aromatic nitrogens is 1. The highest BCUT2D eigenvalue weighted by Crippen LogP contribution is 2.23. The van der Waals surface area contributed by atoms with Crippen LogP contribution in [0, 0.1) is 11.3 Å². The van der Waals surface area contributed by atoms with E-state index in [0.29, 0.717) is 30.9 Å². The number of unbranched alkanes of at least 4 members (excludes halogenated alkanes) is 1. The van der Waals surface area contributed by atoms with E-state index < -0.39 is 30.7 Å². The Bertz CT molecular complexity index is 1200. The molecule has 0 spiro atoms. The van der Waals surface area contributed by atoms with E-state index >= 15 is 0 Å². The van der Waals surface area contributed by atoms with Gasteiger partial charge in [-0.15, -0.1) is 0 Å². The lowest BCUT2D eigenvalue weighted by molar-refractivity contribution is -0.142. The maximum absolute atomic E-state index is 13.4. The summed E-state index contributed by atoms with van der Waals surface area (Å²) in [7, 11) is 2.89. The van der Waals surface area contributed by atoms with E-state index in [2.05, 4.69) is 22.8 Å². The number of rotatable bonds is 17. The molecule has 1 aliphatic heterocycles. The zero-order valence-electron chi connectivity index (χ0n) is 23.8. The Morgan fingerprint density at radius 3 is 2.78 bits per heavy atom. The molecular weight excluding hydrogens is 529 g/mol. The van der Waals surface area contributed by atoms with Crippen LogP contribution in [0.2, 0.25) is 0 Å². The molecule has 2 atom stereocenters. The first-order valence-corrected chi connectivity index (χ1v) is 14.0. The number of carbonyl (C=O) groups is 2. The van der Waals surface area contributed by atoms with Gasteiger partial charge in [-0.1, -0.05) is 12.1 Å². The third-order valence-electron chi connectivity index (χ3n) is 7.25. The van der Waals surface area contributed by atoms with Gasteiger partial charge in [-0.25, -0.2) is 14.2 Å². The summed E-state index contributed by atoms with van der Waals surface area (Å²) in [5.41, 5.74) is 2.95. The monoisotopic (exact) mass is 569 g/mol.